The Morgan fingerprint density at radius 3 is 2.73 bits per heavy atom. The Morgan fingerprint density at radius 2 is 2.08 bits per heavy atom. The van der Waals surface area contributed by atoms with Crippen molar-refractivity contribution in [1.82, 2.24) is 19.6 Å². The number of hydrogen-bond acceptors (Lipinski definition) is 11. The third-order valence-electron chi connectivity index (χ3n) is 6.95. The number of aromatic nitrogens is 2. The first kappa shape index (κ1) is 29.6. The molecule has 2 aromatic rings. The Kier molecular flexibility index (Phi) is 8.91. The first-order valence-corrected chi connectivity index (χ1v) is 14.5. The van der Waals surface area contributed by atoms with Crippen molar-refractivity contribution in [3.8, 4) is 5.75 Å². The van der Waals surface area contributed by atoms with E-state index in [4.69, 9.17) is 19.5 Å². The summed E-state index contributed by atoms with van der Waals surface area (Å²) in [4.78, 5) is 28.6. The maximum atomic E-state index is 13.8. The standard InChI is InChI=1S/C26H35N6O7P/c1-5-19-10-9-14-32(29-19)26(4)23(34)21(38-24(26)31-15-13-22(27)28-25(31)35)16-37-40(36,30-17(2)18(3)33)39-20-11-7-6-8-12-20/h6-9,11-15,17,21,23-24,34H,5,10,16H2,1-4H3,(H,30,36)(H2,27,28,35). The number of rotatable bonds is 11. The number of hydrazone groups is 1. The molecule has 2 aliphatic heterocycles. The van der Waals surface area contributed by atoms with Gasteiger partial charge in [0, 0.05) is 24.5 Å². The number of aliphatic hydroxyl groups is 1. The van der Waals surface area contributed by atoms with Crippen LogP contribution in [0.2, 0.25) is 0 Å². The molecule has 1 aromatic carbocycles. The molecule has 0 radical (unpaired) electrons. The third kappa shape index (κ3) is 6.18. The lowest BCUT2D eigenvalue weighted by Gasteiger charge is -2.41. The van der Waals surface area contributed by atoms with E-state index >= 15 is 0 Å². The monoisotopic (exact) mass is 574 g/mol. The number of benzene rings is 1. The second-order valence-corrected chi connectivity index (χ2v) is 11.5. The average molecular weight is 575 g/mol. The first-order valence-electron chi connectivity index (χ1n) is 12.9. The van der Waals surface area contributed by atoms with E-state index < -0.39 is 50.1 Å². The minimum absolute atomic E-state index is 0.0372. The van der Waals surface area contributed by atoms with Crippen LogP contribution in [0.15, 0.2) is 64.8 Å². The van der Waals surface area contributed by atoms with Gasteiger partial charge in [0.15, 0.2) is 6.23 Å². The maximum Gasteiger partial charge on any atom is 0.459 e. The molecule has 0 bridgehead atoms. The van der Waals surface area contributed by atoms with Gasteiger partial charge in [-0.1, -0.05) is 31.2 Å². The summed E-state index contributed by atoms with van der Waals surface area (Å²) in [5.41, 5.74) is 4.58. The number of nitrogens with one attached hydrogen (secondary N) is 1. The summed E-state index contributed by atoms with van der Waals surface area (Å²) < 4.78 is 32.6. The molecule has 14 heteroatoms. The first-order chi connectivity index (χ1) is 19.0. The Morgan fingerprint density at radius 1 is 1.35 bits per heavy atom. The third-order valence-corrected chi connectivity index (χ3v) is 8.59. The summed E-state index contributed by atoms with van der Waals surface area (Å²) in [7, 11) is -4.14. The van der Waals surface area contributed by atoms with Gasteiger partial charge in [0.1, 0.15) is 35.1 Å². The fourth-order valence-electron chi connectivity index (χ4n) is 4.44. The molecule has 3 heterocycles. The molecule has 2 aliphatic rings. The molecule has 13 nitrogen and oxygen atoms in total. The predicted molar refractivity (Wildman–Crippen MR) is 148 cm³/mol. The van der Waals surface area contributed by atoms with Crippen LogP contribution < -0.4 is 21.0 Å². The zero-order chi connectivity index (χ0) is 29.1. The van der Waals surface area contributed by atoms with Gasteiger partial charge in [-0.3, -0.25) is 18.9 Å². The maximum absolute atomic E-state index is 13.8. The predicted octanol–water partition coefficient (Wildman–Crippen LogP) is 2.60. The fraction of sp³-hybridized carbons (Fsp3) is 0.462. The number of ketones is 1. The van der Waals surface area contributed by atoms with E-state index in [-0.39, 0.29) is 17.4 Å². The van der Waals surface area contributed by atoms with Gasteiger partial charge in [0.05, 0.1) is 12.6 Å². The number of aliphatic hydroxyl groups excluding tert-OH is 1. The van der Waals surface area contributed by atoms with Gasteiger partial charge in [0.25, 0.3) is 0 Å². The normalized spacial score (nSPS) is 26.7. The number of hydrogen-bond donors (Lipinski definition) is 3. The molecular weight excluding hydrogens is 539 g/mol. The Bertz CT molecular complexity index is 1380. The number of nitrogen functional groups attached to an aromatic ring is 1. The molecule has 6 atom stereocenters. The Hall–Kier alpha value is -3.35. The summed E-state index contributed by atoms with van der Waals surface area (Å²) in [5, 5.41) is 20.5. The summed E-state index contributed by atoms with van der Waals surface area (Å²) in [5.74, 6) is 0.0151. The number of Topliss-reactive ketones (excluding diaryl/α,β-unsaturated/α-hetero) is 1. The van der Waals surface area contributed by atoms with Gasteiger partial charge < -0.3 is 20.1 Å². The molecule has 0 amide bonds. The second-order valence-electron chi connectivity index (χ2n) is 9.85. The number of allylic oxidation sites excluding steroid dienone is 1. The number of carbonyl (C=O) groups excluding carboxylic acids is 1. The molecule has 1 aromatic heterocycles. The van der Waals surface area contributed by atoms with E-state index in [2.05, 4.69) is 15.2 Å². The molecule has 4 rings (SSSR count). The molecule has 6 unspecified atom stereocenters. The topological polar surface area (TPSA) is 171 Å². The lowest BCUT2D eigenvalue weighted by atomic mass is 9.91. The lowest BCUT2D eigenvalue weighted by Crippen LogP contribution is -2.55. The minimum atomic E-state index is -4.14. The van der Waals surface area contributed by atoms with Gasteiger partial charge in [-0.25, -0.2) is 14.4 Å². The van der Waals surface area contributed by atoms with Crippen molar-refractivity contribution >= 4 is 25.1 Å². The van der Waals surface area contributed by atoms with Crippen LogP contribution in [0.25, 0.3) is 0 Å². The second kappa shape index (κ2) is 12.0. The van der Waals surface area contributed by atoms with Crippen molar-refractivity contribution < 1.29 is 28.3 Å². The Labute approximate surface area is 232 Å². The van der Waals surface area contributed by atoms with E-state index in [0.29, 0.717) is 12.8 Å². The van der Waals surface area contributed by atoms with Crippen LogP contribution in [0.3, 0.4) is 0 Å². The number of carbonyl (C=O) groups is 1. The highest BCUT2D eigenvalue weighted by Gasteiger charge is 2.58. The number of nitrogens with zero attached hydrogens (tertiary/aromatic N) is 4. The summed E-state index contributed by atoms with van der Waals surface area (Å²) in [6.45, 7) is 6.15. The SMILES string of the molecule is CCC1=NN(C2(C)C(O)C(COP(=O)(NC(C)C(C)=O)Oc3ccccc3)OC2n2ccc(N)nc2=O)C=CC1. The van der Waals surface area contributed by atoms with Crippen molar-refractivity contribution in [2.75, 3.05) is 12.3 Å². The van der Waals surface area contributed by atoms with Crippen molar-refractivity contribution in [3.05, 3.63) is 65.4 Å². The van der Waals surface area contributed by atoms with Crippen molar-refractivity contribution in [2.24, 2.45) is 5.10 Å². The van der Waals surface area contributed by atoms with E-state index in [1.54, 1.807) is 48.5 Å². The minimum Gasteiger partial charge on any atom is -0.413 e. The van der Waals surface area contributed by atoms with Crippen LogP contribution >= 0.6 is 7.75 Å². The molecule has 1 fully saturated rings. The van der Waals surface area contributed by atoms with Gasteiger partial charge >= 0.3 is 13.4 Å². The van der Waals surface area contributed by atoms with Crippen LogP contribution in [-0.4, -0.2) is 61.6 Å². The quantitative estimate of drug-likeness (QED) is 0.337. The van der Waals surface area contributed by atoms with Crippen molar-refractivity contribution in [3.63, 3.8) is 0 Å². The van der Waals surface area contributed by atoms with Crippen LogP contribution in [-0.2, 0) is 18.6 Å². The van der Waals surface area contributed by atoms with Crippen LogP contribution in [0, 0.1) is 0 Å². The highest BCUT2D eigenvalue weighted by molar-refractivity contribution is 7.52. The highest BCUT2D eigenvalue weighted by atomic mass is 31.2. The summed E-state index contributed by atoms with van der Waals surface area (Å²) in [6, 6.07) is 8.95. The van der Waals surface area contributed by atoms with Crippen molar-refractivity contribution in [2.45, 2.75) is 70.6 Å². The summed E-state index contributed by atoms with van der Waals surface area (Å²) in [6.07, 6.45) is 2.94. The van der Waals surface area contributed by atoms with Gasteiger partial charge in [0.2, 0.25) is 0 Å². The van der Waals surface area contributed by atoms with Crippen LogP contribution in [0.5, 0.6) is 5.75 Å². The Balaban J connectivity index is 1.66. The number of ether oxygens (including phenoxy) is 1. The molecule has 4 N–H and O–H groups in total. The van der Waals surface area contributed by atoms with Gasteiger partial charge in [-0.15, -0.1) is 0 Å². The number of nitrogens with two attached hydrogens (primary N) is 1. The molecular formula is C26H35N6O7P. The molecule has 0 saturated carbocycles. The smallest absolute Gasteiger partial charge is 0.413 e. The zero-order valence-electron chi connectivity index (χ0n) is 22.8. The lowest BCUT2D eigenvalue weighted by molar-refractivity contribution is -0.118. The average Bonchev–Trinajstić information content (AvgIpc) is 3.18. The van der Waals surface area contributed by atoms with Crippen LogP contribution in [0.4, 0.5) is 5.82 Å². The zero-order valence-corrected chi connectivity index (χ0v) is 23.7. The molecule has 1 saturated heterocycles. The molecule has 0 spiro atoms. The van der Waals surface area contributed by atoms with E-state index in [0.717, 1.165) is 5.71 Å². The van der Waals surface area contributed by atoms with Crippen molar-refractivity contribution in [1.29, 1.82) is 0 Å². The summed E-state index contributed by atoms with van der Waals surface area (Å²) >= 11 is 0. The van der Waals surface area contributed by atoms with Crippen LogP contribution in [0.1, 0.15) is 46.8 Å². The molecule has 0 aliphatic carbocycles. The highest BCUT2D eigenvalue weighted by Crippen LogP contribution is 2.48. The molecule has 40 heavy (non-hydrogen) atoms. The number of anilines is 1. The van der Waals surface area contributed by atoms with Gasteiger partial charge in [-0.2, -0.15) is 10.1 Å². The van der Waals surface area contributed by atoms with E-state index in [9.17, 15) is 19.3 Å². The number of para-hydroxylation sites is 1. The van der Waals surface area contributed by atoms with Gasteiger partial charge in [-0.05, 0) is 45.4 Å². The molecule has 216 valence electrons. The van der Waals surface area contributed by atoms with E-state index in [1.165, 1.54) is 30.7 Å². The fourth-order valence-corrected chi connectivity index (χ4v) is 6.02. The largest absolute Gasteiger partial charge is 0.459 e. The van der Waals surface area contributed by atoms with E-state index in [1.807, 2.05) is 13.0 Å².